The molecular weight excluding hydrogens is 808 g/mol. The lowest BCUT2D eigenvalue weighted by molar-refractivity contribution is -0.0244. The molecule has 12 heteroatoms. The molecule has 0 saturated heterocycles. The van der Waals surface area contributed by atoms with E-state index in [1.807, 2.05) is 66.7 Å². The molecule has 318 valence electrons. The predicted octanol–water partition coefficient (Wildman–Crippen LogP) is 8.70. The fourth-order valence-corrected chi connectivity index (χ4v) is 13.1. The van der Waals surface area contributed by atoms with E-state index in [0.29, 0.717) is 56.7 Å². The predicted molar refractivity (Wildman–Crippen MR) is 243 cm³/mol. The first kappa shape index (κ1) is 46.9. The summed E-state index contributed by atoms with van der Waals surface area (Å²) in [7, 11) is -5.75. The summed E-state index contributed by atoms with van der Waals surface area (Å²) >= 11 is 7.92. The molecule has 0 aromatic heterocycles. The Kier molecular flexibility index (Phi) is 17.0. The van der Waals surface area contributed by atoms with Crippen molar-refractivity contribution in [3.05, 3.63) is 120 Å². The lowest BCUT2D eigenvalue weighted by Crippen LogP contribution is -2.38. The quantitative estimate of drug-likeness (QED) is 0.0684. The fraction of sp³-hybridized carbons (Fsp3) is 0.522. The van der Waals surface area contributed by atoms with Gasteiger partial charge >= 0.3 is 0 Å². The molecule has 8 atom stereocenters. The van der Waals surface area contributed by atoms with Crippen molar-refractivity contribution in [2.75, 3.05) is 24.8 Å². The highest BCUT2D eigenvalue weighted by Crippen LogP contribution is 2.58. The molecule has 2 aromatic rings. The zero-order chi connectivity index (χ0) is 42.1. The molecule has 2 N–H and O–H groups in total. The van der Waals surface area contributed by atoms with Crippen LogP contribution in [0.1, 0.15) is 78.1 Å². The van der Waals surface area contributed by atoms with E-state index in [2.05, 4.69) is 65.0 Å². The van der Waals surface area contributed by atoms with Gasteiger partial charge < -0.3 is 27.9 Å². The summed E-state index contributed by atoms with van der Waals surface area (Å²) in [5.74, 6) is 1.18. The minimum absolute atomic E-state index is 0.0879. The largest absolute Gasteiger partial charge is 0.393 e. The van der Waals surface area contributed by atoms with Crippen molar-refractivity contribution in [1.82, 2.24) is 0 Å². The molecule has 0 aliphatic heterocycles. The zero-order valence-electron chi connectivity index (χ0n) is 34.2. The van der Waals surface area contributed by atoms with Gasteiger partial charge in [-0.05, 0) is 117 Å². The molecule has 4 unspecified atom stereocenters. The lowest BCUT2D eigenvalue weighted by atomic mass is 9.62. The van der Waals surface area contributed by atoms with E-state index < -0.39 is 29.2 Å². The van der Waals surface area contributed by atoms with E-state index in [0.717, 1.165) is 58.6 Å². The number of thiol groups is 2. The summed E-state index contributed by atoms with van der Waals surface area (Å²) in [4.78, 5) is 0. The van der Waals surface area contributed by atoms with Crippen molar-refractivity contribution in [2.24, 2.45) is 17.3 Å². The minimum Gasteiger partial charge on any atom is -0.393 e. The van der Waals surface area contributed by atoms with Crippen LogP contribution in [0.2, 0.25) is 0 Å². The molecule has 58 heavy (non-hydrogen) atoms. The van der Waals surface area contributed by atoms with Crippen LogP contribution in [-0.4, -0.2) is 73.9 Å². The van der Waals surface area contributed by atoms with E-state index in [9.17, 15) is 23.2 Å². The Bertz CT molecular complexity index is 1920. The summed E-state index contributed by atoms with van der Waals surface area (Å²) in [6.45, 7) is 13.2. The number of rotatable bonds is 13. The van der Waals surface area contributed by atoms with Gasteiger partial charge in [-0.2, -0.15) is 0 Å². The van der Waals surface area contributed by atoms with E-state index in [1.165, 1.54) is 18.2 Å². The molecule has 8 nitrogen and oxygen atoms in total. The first-order valence-corrected chi connectivity index (χ1v) is 25.2. The highest BCUT2D eigenvalue weighted by atomic mass is 32.2. The molecule has 0 heterocycles. The van der Waals surface area contributed by atoms with Gasteiger partial charge in [0.2, 0.25) is 0 Å². The number of benzene rings is 2. The molecular formula is C46H63O8PS3. The number of sulfone groups is 1. The van der Waals surface area contributed by atoms with Crippen LogP contribution in [0, 0.1) is 17.3 Å². The minimum atomic E-state index is -2.94. The summed E-state index contributed by atoms with van der Waals surface area (Å²) in [5.41, 5.74) is 5.21. The molecule has 2 aromatic carbocycles. The van der Waals surface area contributed by atoms with Crippen molar-refractivity contribution in [3.8, 4) is 0 Å². The third kappa shape index (κ3) is 11.8. The van der Waals surface area contributed by atoms with Gasteiger partial charge in [0.15, 0.2) is 0 Å². The number of aliphatic hydroxyl groups excluding tert-OH is 2. The number of allylic oxidation sites excluding steroid dienone is 4. The van der Waals surface area contributed by atoms with Gasteiger partial charge in [-0.25, -0.2) is 8.42 Å². The smallest absolute Gasteiger partial charge is 0.147 e. The molecule has 4 aliphatic carbocycles. The maximum absolute atomic E-state index is 14.1. The topological polar surface area (TPSA) is 119 Å². The van der Waals surface area contributed by atoms with Crippen LogP contribution < -0.4 is 10.6 Å². The van der Waals surface area contributed by atoms with Crippen molar-refractivity contribution in [3.63, 3.8) is 0 Å². The molecule has 0 bridgehead atoms. The van der Waals surface area contributed by atoms with E-state index >= 15 is 0 Å². The second kappa shape index (κ2) is 21.1. The van der Waals surface area contributed by atoms with Crippen LogP contribution in [-0.2, 0) is 27.5 Å². The van der Waals surface area contributed by atoms with Gasteiger partial charge in [0.25, 0.3) is 0 Å². The van der Waals surface area contributed by atoms with E-state index in [1.54, 1.807) is 0 Å². The van der Waals surface area contributed by atoms with Gasteiger partial charge in [0, 0.05) is 48.9 Å². The third-order valence-electron chi connectivity index (χ3n) is 12.9. The van der Waals surface area contributed by atoms with Gasteiger partial charge in [-0.15, -0.1) is 0 Å². The zero-order valence-corrected chi connectivity index (χ0v) is 37.7. The highest BCUT2D eigenvalue weighted by molar-refractivity contribution is 7.90. The Morgan fingerprint density at radius 3 is 2.19 bits per heavy atom. The van der Waals surface area contributed by atoms with Crippen molar-refractivity contribution in [2.45, 2.75) is 109 Å². The average molecular weight is 871 g/mol. The number of ether oxygens (including phenoxy) is 1. The summed E-state index contributed by atoms with van der Waals surface area (Å²) in [6.07, 6.45) is 15.2. The summed E-state index contributed by atoms with van der Waals surface area (Å²) in [5, 5.41) is 21.8. The number of hydrogen-bond donors (Lipinski definition) is 4. The normalized spacial score (nSPS) is 30.6. The van der Waals surface area contributed by atoms with Crippen LogP contribution >= 0.6 is 33.0 Å². The van der Waals surface area contributed by atoms with Crippen molar-refractivity contribution < 1.29 is 36.3 Å². The molecule has 4 aliphatic rings. The van der Waals surface area contributed by atoms with Crippen LogP contribution in [0.25, 0.3) is 0 Å². The van der Waals surface area contributed by atoms with Crippen LogP contribution in [0.4, 0.5) is 0 Å². The third-order valence-corrected chi connectivity index (χ3v) is 17.4. The Morgan fingerprint density at radius 1 is 0.931 bits per heavy atom. The van der Waals surface area contributed by atoms with Gasteiger partial charge in [-0.1, -0.05) is 105 Å². The Balaban J connectivity index is 0.000000223. The van der Waals surface area contributed by atoms with E-state index in [-0.39, 0.29) is 29.5 Å². The van der Waals surface area contributed by atoms with Crippen LogP contribution in [0.5, 0.6) is 0 Å². The summed E-state index contributed by atoms with van der Waals surface area (Å²) < 4.78 is 53.4. The first-order chi connectivity index (χ1) is 27.6. The highest BCUT2D eigenvalue weighted by Gasteiger charge is 2.51. The van der Waals surface area contributed by atoms with Crippen LogP contribution in [0.3, 0.4) is 0 Å². The van der Waals surface area contributed by atoms with Gasteiger partial charge in [-0.3, -0.25) is 0 Å². The molecule has 0 spiro atoms. The number of fused-ring (bicyclic) bond motifs is 1. The maximum Gasteiger partial charge on any atom is 0.147 e. The Hall–Kier alpha value is -2.18. The molecule has 0 amide bonds. The Morgan fingerprint density at radius 2 is 1.59 bits per heavy atom. The van der Waals surface area contributed by atoms with Crippen molar-refractivity contribution in [1.29, 1.82) is 0 Å². The number of aliphatic hydroxyl groups is 2. The lowest BCUT2D eigenvalue weighted by Gasteiger charge is -2.44. The standard InChI is InChI=1S/C25H40O5S.C21H23O3PS2/c1-17-20(15-21(26)16-24(17)27)9-8-19-7-5-12-25(3)22(10-11-23(19)25)18(2)30-13-6-14-31(4,28)29;1-16-17(14-18(23-26)15-21(16)24-27)12-13-25(22,19-8-4-2-5-9-19)20-10-6-3-7-11-20/h8-9,18,21-24,26-27H,1,5-7,10-16H2,2-4H3;2-12,18,21,26-27H,1,13-15H2/b19-8+,20-9-;17-12-/t18-,21?,22-,23+,24?,25-;/m1./s1. The van der Waals surface area contributed by atoms with E-state index in [4.69, 9.17) is 13.1 Å². The first-order valence-electron chi connectivity index (χ1n) is 20.5. The molecule has 0 radical (unpaired) electrons. The SMILES string of the molecule is C=C1/C(=C\C=C2/CCC[C@]3(C)[C@@H]([C@@H](C)OCCCS(C)(=O)=O)CC[C@@H]23)CC(O)CC1O.C=C1/C(=C\CP(=O)(c2ccccc2)c2ccccc2)CC(OS)CC1OS. The second-order valence-electron chi connectivity index (χ2n) is 16.8. The Labute approximate surface area is 358 Å². The summed E-state index contributed by atoms with van der Waals surface area (Å²) in [6, 6.07) is 19.3. The van der Waals surface area contributed by atoms with Crippen molar-refractivity contribution >= 4 is 53.4 Å². The second-order valence-corrected chi connectivity index (χ2v) is 22.4. The number of hydrogen-bond acceptors (Lipinski definition) is 10. The maximum atomic E-state index is 14.1. The van der Waals surface area contributed by atoms with Crippen LogP contribution in [0.15, 0.2) is 120 Å². The van der Waals surface area contributed by atoms with Gasteiger partial charge in [0.05, 0.1) is 36.3 Å². The molecule has 4 saturated carbocycles. The average Bonchev–Trinajstić information content (AvgIpc) is 3.58. The monoisotopic (exact) mass is 870 g/mol. The van der Waals surface area contributed by atoms with Gasteiger partial charge in [0.1, 0.15) is 17.0 Å². The fourth-order valence-electron chi connectivity index (χ4n) is 9.61. The molecule has 6 rings (SSSR count). The molecule has 4 fully saturated rings.